The second-order valence-electron chi connectivity index (χ2n) is 9.61. The molecule has 0 N–H and O–H groups in total. The first kappa shape index (κ1) is 21.7. The minimum atomic E-state index is 0.0472. The third kappa shape index (κ3) is 4.01. The number of rotatable bonds is 5. The second kappa shape index (κ2) is 9.06. The highest BCUT2D eigenvalue weighted by atomic mass is 16.1. The monoisotopic (exact) mass is 462 g/mol. The molecule has 0 radical (unpaired) electrons. The van der Waals surface area contributed by atoms with Crippen molar-refractivity contribution >= 4 is 28.1 Å². The number of fused-ring (bicyclic) bond motifs is 1. The van der Waals surface area contributed by atoms with Gasteiger partial charge in [0.05, 0.1) is 35.0 Å². The van der Waals surface area contributed by atoms with Crippen LogP contribution in [0.1, 0.15) is 43.2 Å². The maximum absolute atomic E-state index is 13.8. The second-order valence-corrected chi connectivity index (χ2v) is 9.61. The topological polar surface area (TPSA) is 42.5 Å². The highest BCUT2D eigenvalue weighted by Crippen LogP contribution is 2.30. The molecule has 5 heteroatoms. The fraction of sp³-hybridized carbons (Fsp3) is 0.267. The Hall–Kier alpha value is -3.86. The summed E-state index contributed by atoms with van der Waals surface area (Å²) in [6.45, 7) is 2.68. The van der Waals surface area contributed by atoms with E-state index < -0.39 is 0 Å². The van der Waals surface area contributed by atoms with Gasteiger partial charge >= 0.3 is 5.69 Å². The van der Waals surface area contributed by atoms with Crippen LogP contribution in [0.3, 0.4) is 0 Å². The Balaban J connectivity index is 1.41. The molecule has 176 valence electrons. The molecule has 0 bridgehead atoms. The fourth-order valence-electron chi connectivity index (χ4n) is 5.37. The van der Waals surface area contributed by atoms with E-state index in [-0.39, 0.29) is 11.7 Å². The number of benzene rings is 3. The van der Waals surface area contributed by atoms with E-state index in [1.54, 1.807) is 0 Å². The molecular weight excluding hydrogens is 432 g/mol. The predicted molar refractivity (Wildman–Crippen MR) is 144 cm³/mol. The number of para-hydroxylation sites is 3. The fourth-order valence-corrected chi connectivity index (χ4v) is 5.37. The van der Waals surface area contributed by atoms with Crippen LogP contribution in [0.5, 0.6) is 0 Å². The number of imidazole rings is 1. The maximum Gasteiger partial charge on any atom is 0.333 e. The van der Waals surface area contributed by atoms with Gasteiger partial charge in [0.2, 0.25) is 0 Å². The Morgan fingerprint density at radius 2 is 1.63 bits per heavy atom. The van der Waals surface area contributed by atoms with Crippen LogP contribution in [0.25, 0.3) is 16.7 Å². The average molecular weight is 463 g/mol. The molecule has 2 aliphatic rings. The first-order chi connectivity index (χ1) is 17.2. The lowest BCUT2D eigenvalue weighted by Crippen LogP contribution is -2.35. The number of allylic oxidation sites excluding steroid dienone is 2. The summed E-state index contributed by atoms with van der Waals surface area (Å²) in [4.78, 5) is 13.8. The van der Waals surface area contributed by atoms with Gasteiger partial charge in [-0.1, -0.05) is 66.2 Å². The Bertz CT molecular complexity index is 1470. The number of hydrogen-bond donors (Lipinski definition) is 0. The molecule has 4 aromatic rings. The number of nitrogens with zero attached hydrogens (tertiary/aromatic N) is 4. The van der Waals surface area contributed by atoms with Gasteiger partial charge in [0.15, 0.2) is 0 Å². The van der Waals surface area contributed by atoms with Crippen LogP contribution in [-0.2, 0) is 6.54 Å². The smallest absolute Gasteiger partial charge is 0.289 e. The highest BCUT2D eigenvalue weighted by molar-refractivity contribution is 6.03. The van der Waals surface area contributed by atoms with Gasteiger partial charge in [-0.05, 0) is 62.4 Å². The third-order valence-corrected chi connectivity index (χ3v) is 7.19. The van der Waals surface area contributed by atoms with Crippen molar-refractivity contribution < 1.29 is 0 Å². The predicted octanol–water partition coefficient (Wildman–Crippen LogP) is 6.21. The molecular formula is C30H30N4O. The van der Waals surface area contributed by atoms with Crippen LogP contribution in [0.15, 0.2) is 94.8 Å². The SMILES string of the molecule is Cc1ccc(C2=NN(c3ccccc3)C(Cn3c(=O)n(C4=CCCCC4)c4ccccc43)C2)cc1. The zero-order valence-electron chi connectivity index (χ0n) is 20.1. The van der Waals surface area contributed by atoms with Gasteiger partial charge in [-0.3, -0.25) is 14.1 Å². The van der Waals surface area contributed by atoms with Gasteiger partial charge in [0.25, 0.3) is 0 Å². The molecule has 3 aromatic carbocycles. The molecule has 0 spiro atoms. The van der Waals surface area contributed by atoms with Gasteiger partial charge in [0, 0.05) is 12.1 Å². The standard InChI is InChI=1S/C30H30N4O/c1-22-16-18-23(19-17-22)27-20-26(34(31-27)25-12-6-3-7-13-25)21-32-28-14-8-9-15-29(28)33(30(32)35)24-10-4-2-5-11-24/h3,6-10,12-19,26H,2,4-5,11,20-21H2,1H3. The molecule has 1 unspecified atom stereocenters. The summed E-state index contributed by atoms with van der Waals surface area (Å²) in [5, 5.41) is 7.16. The number of hydrazone groups is 1. The number of anilines is 1. The summed E-state index contributed by atoms with van der Waals surface area (Å²) in [6, 6.07) is 27.1. The summed E-state index contributed by atoms with van der Waals surface area (Å²) in [5.74, 6) is 0. The lowest BCUT2D eigenvalue weighted by molar-refractivity contribution is 0.543. The van der Waals surface area contributed by atoms with Crippen LogP contribution in [-0.4, -0.2) is 20.9 Å². The Morgan fingerprint density at radius 1 is 0.886 bits per heavy atom. The molecule has 1 atom stereocenters. The van der Waals surface area contributed by atoms with E-state index in [1.165, 1.54) is 12.0 Å². The van der Waals surface area contributed by atoms with Crippen LogP contribution >= 0.6 is 0 Å². The van der Waals surface area contributed by atoms with Crippen molar-refractivity contribution in [2.75, 3.05) is 5.01 Å². The first-order valence-electron chi connectivity index (χ1n) is 12.6. The summed E-state index contributed by atoms with van der Waals surface area (Å²) in [6.07, 6.45) is 7.35. The zero-order valence-corrected chi connectivity index (χ0v) is 20.1. The van der Waals surface area contributed by atoms with Crippen molar-refractivity contribution in [1.29, 1.82) is 0 Å². The van der Waals surface area contributed by atoms with Crippen LogP contribution < -0.4 is 10.7 Å². The van der Waals surface area contributed by atoms with E-state index in [0.717, 1.165) is 59.4 Å². The highest BCUT2D eigenvalue weighted by Gasteiger charge is 2.30. The molecule has 1 aliphatic heterocycles. The molecule has 1 aromatic heterocycles. The van der Waals surface area contributed by atoms with Crippen molar-refractivity contribution in [2.45, 2.75) is 51.6 Å². The van der Waals surface area contributed by atoms with Crippen LogP contribution in [0.2, 0.25) is 0 Å². The Morgan fingerprint density at radius 3 is 2.37 bits per heavy atom. The lowest BCUT2D eigenvalue weighted by Gasteiger charge is -2.24. The maximum atomic E-state index is 13.8. The normalized spacial score (nSPS) is 18.1. The van der Waals surface area contributed by atoms with Crippen molar-refractivity contribution in [3.05, 3.63) is 107 Å². The Labute approximate surface area is 205 Å². The quantitative estimate of drug-likeness (QED) is 0.354. The van der Waals surface area contributed by atoms with E-state index in [0.29, 0.717) is 6.54 Å². The molecule has 6 rings (SSSR count). The molecule has 0 saturated carbocycles. The van der Waals surface area contributed by atoms with Crippen molar-refractivity contribution in [1.82, 2.24) is 9.13 Å². The summed E-state index contributed by atoms with van der Waals surface area (Å²) >= 11 is 0. The van der Waals surface area contributed by atoms with Crippen LogP contribution in [0.4, 0.5) is 5.69 Å². The molecule has 0 saturated heterocycles. The summed E-state index contributed by atoms with van der Waals surface area (Å²) in [7, 11) is 0. The van der Waals surface area contributed by atoms with E-state index >= 15 is 0 Å². The molecule has 0 amide bonds. The van der Waals surface area contributed by atoms with Crippen molar-refractivity contribution in [3.63, 3.8) is 0 Å². The van der Waals surface area contributed by atoms with Gasteiger partial charge in [0.1, 0.15) is 0 Å². The molecule has 35 heavy (non-hydrogen) atoms. The summed E-state index contributed by atoms with van der Waals surface area (Å²) in [5.41, 5.74) is 7.66. The first-order valence-corrected chi connectivity index (χ1v) is 12.6. The number of aromatic nitrogens is 2. The lowest BCUT2D eigenvalue weighted by atomic mass is 10.0. The number of hydrogen-bond acceptors (Lipinski definition) is 3. The van der Waals surface area contributed by atoms with E-state index in [4.69, 9.17) is 5.10 Å². The molecule has 2 heterocycles. The van der Waals surface area contributed by atoms with Gasteiger partial charge in [-0.2, -0.15) is 5.10 Å². The van der Waals surface area contributed by atoms with Crippen molar-refractivity contribution in [3.8, 4) is 0 Å². The minimum absolute atomic E-state index is 0.0472. The van der Waals surface area contributed by atoms with E-state index in [9.17, 15) is 4.79 Å². The van der Waals surface area contributed by atoms with E-state index in [2.05, 4.69) is 66.5 Å². The third-order valence-electron chi connectivity index (χ3n) is 7.19. The Kier molecular flexibility index (Phi) is 5.61. The summed E-state index contributed by atoms with van der Waals surface area (Å²) < 4.78 is 3.90. The van der Waals surface area contributed by atoms with E-state index in [1.807, 2.05) is 39.5 Å². The van der Waals surface area contributed by atoms with Gasteiger partial charge < -0.3 is 0 Å². The van der Waals surface area contributed by atoms with Crippen LogP contribution in [0, 0.1) is 6.92 Å². The molecule has 0 fully saturated rings. The van der Waals surface area contributed by atoms with Gasteiger partial charge in [-0.15, -0.1) is 0 Å². The largest absolute Gasteiger partial charge is 0.333 e. The molecule has 1 aliphatic carbocycles. The molecule has 5 nitrogen and oxygen atoms in total. The zero-order chi connectivity index (χ0) is 23.8. The number of aryl methyl sites for hydroxylation is 1. The van der Waals surface area contributed by atoms with Gasteiger partial charge in [-0.25, -0.2) is 4.79 Å². The van der Waals surface area contributed by atoms with Crippen molar-refractivity contribution in [2.24, 2.45) is 5.10 Å². The average Bonchev–Trinajstić information content (AvgIpc) is 3.45. The minimum Gasteiger partial charge on any atom is -0.289 e.